The van der Waals surface area contributed by atoms with Crippen LogP contribution < -0.4 is 5.32 Å². The highest BCUT2D eigenvalue weighted by Crippen LogP contribution is 2.32. The maximum atomic E-state index is 6.01. The average molecular weight is 325 g/mol. The quantitative estimate of drug-likeness (QED) is 0.912. The third-order valence-corrected chi connectivity index (χ3v) is 5.46. The molecular weight excluding hydrogens is 310 g/mol. The summed E-state index contributed by atoms with van der Waals surface area (Å²) in [6.07, 6.45) is 2.15. The lowest BCUT2D eigenvalue weighted by Crippen LogP contribution is -2.46. The van der Waals surface area contributed by atoms with Crippen molar-refractivity contribution in [1.29, 1.82) is 0 Å². The molecule has 1 aromatic rings. The van der Waals surface area contributed by atoms with Gasteiger partial charge in [-0.15, -0.1) is 11.3 Å². The van der Waals surface area contributed by atoms with Crippen LogP contribution in [0.3, 0.4) is 0 Å². The molecule has 0 aliphatic carbocycles. The van der Waals surface area contributed by atoms with Gasteiger partial charge in [0.2, 0.25) is 0 Å². The molecule has 0 amide bonds. The van der Waals surface area contributed by atoms with Crippen LogP contribution in [0.15, 0.2) is 10.5 Å². The zero-order valence-electron chi connectivity index (χ0n) is 9.19. The van der Waals surface area contributed by atoms with E-state index in [0.29, 0.717) is 0 Å². The van der Waals surface area contributed by atoms with Gasteiger partial charge in [0.25, 0.3) is 0 Å². The highest BCUT2D eigenvalue weighted by atomic mass is 79.9. The van der Waals surface area contributed by atoms with Crippen molar-refractivity contribution in [2.75, 3.05) is 13.2 Å². The molecule has 0 atom stereocenters. The Bertz CT molecular complexity index is 343. The number of hydrogen-bond donors (Lipinski definition) is 1. The van der Waals surface area contributed by atoms with Gasteiger partial charge in [-0.2, -0.15) is 0 Å². The summed E-state index contributed by atoms with van der Waals surface area (Å²) in [5.41, 5.74) is 0.210. The van der Waals surface area contributed by atoms with Crippen molar-refractivity contribution in [3.05, 3.63) is 19.8 Å². The van der Waals surface area contributed by atoms with E-state index >= 15 is 0 Å². The first-order chi connectivity index (χ1) is 7.59. The minimum Gasteiger partial charge on any atom is -0.381 e. The third kappa shape index (κ3) is 3.20. The maximum absolute atomic E-state index is 6.01. The Hall–Kier alpha value is 0.390. The fourth-order valence-electron chi connectivity index (χ4n) is 1.78. The van der Waals surface area contributed by atoms with E-state index in [1.807, 2.05) is 0 Å². The molecule has 90 valence electrons. The molecule has 1 aromatic heterocycles. The highest BCUT2D eigenvalue weighted by molar-refractivity contribution is 9.10. The van der Waals surface area contributed by atoms with E-state index in [1.54, 1.807) is 11.3 Å². The van der Waals surface area contributed by atoms with Crippen LogP contribution in [0.2, 0.25) is 4.34 Å². The van der Waals surface area contributed by atoms with Crippen molar-refractivity contribution in [3.63, 3.8) is 0 Å². The normalized spacial score (nSPS) is 19.9. The summed E-state index contributed by atoms with van der Waals surface area (Å²) in [4.78, 5) is 1.27. The minimum atomic E-state index is 0.210. The van der Waals surface area contributed by atoms with Gasteiger partial charge in [0, 0.05) is 34.6 Å². The standard InChI is InChI=1S/C11H15BrClNOS/c1-11(2-4-15-5-3-11)14-7-8-6-9(12)10(13)16-8/h6,14H,2-5,7H2,1H3. The zero-order chi connectivity index (χ0) is 11.6. The number of hydrogen-bond acceptors (Lipinski definition) is 3. The lowest BCUT2D eigenvalue weighted by atomic mass is 9.92. The molecule has 5 heteroatoms. The number of rotatable bonds is 3. The van der Waals surface area contributed by atoms with Gasteiger partial charge < -0.3 is 10.1 Å². The van der Waals surface area contributed by atoms with Gasteiger partial charge >= 0.3 is 0 Å². The van der Waals surface area contributed by atoms with Gasteiger partial charge in [0.15, 0.2) is 0 Å². The molecule has 2 rings (SSSR count). The molecule has 2 heterocycles. The van der Waals surface area contributed by atoms with Crippen LogP contribution in [0.5, 0.6) is 0 Å². The van der Waals surface area contributed by atoms with Crippen LogP contribution in [-0.2, 0) is 11.3 Å². The monoisotopic (exact) mass is 323 g/mol. The van der Waals surface area contributed by atoms with Crippen LogP contribution in [0.25, 0.3) is 0 Å². The van der Waals surface area contributed by atoms with Crippen molar-refractivity contribution >= 4 is 38.9 Å². The molecule has 0 spiro atoms. The third-order valence-electron chi connectivity index (χ3n) is 2.98. The van der Waals surface area contributed by atoms with Crippen LogP contribution in [0, 0.1) is 0 Å². The molecular formula is C11H15BrClNOS. The summed E-state index contributed by atoms with van der Waals surface area (Å²) < 4.78 is 7.20. The maximum Gasteiger partial charge on any atom is 0.107 e. The molecule has 16 heavy (non-hydrogen) atoms. The summed E-state index contributed by atoms with van der Waals surface area (Å²) in [6, 6.07) is 2.09. The first kappa shape index (κ1) is 12.8. The predicted octanol–water partition coefficient (Wildman–Crippen LogP) is 3.82. The van der Waals surface area contributed by atoms with E-state index in [9.17, 15) is 0 Å². The largest absolute Gasteiger partial charge is 0.381 e. The van der Waals surface area contributed by atoms with Crippen LogP contribution in [0.4, 0.5) is 0 Å². The highest BCUT2D eigenvalue weighted by Gasteiger charge is 2.26. The van der Waals surface area contributed by atoms with Gasteiger partial charge in [0.05, 0.1) is 0 Å². The first-order valence-electron chi connectivity index (χ1n) is 5.36. The first-order valence-corrected chi connectivity index (χ1v) is 7.34. The Morgan fingerprint density at radius 1 is 1.56 bits per heavy atom. The second kappa shape index (κ2) is 5.36. The van der Waals surface area contributed by atoms with Gasteiger partial charge in [-0.3, -0.25) is 0 Å². The fraction of sp³-hybridized carbons (Fsp3) is 0.636. The van der Waals surface area contributed by atoms with Gasteiger partial charge in [-0.05, 0) is 41.8 Å². The Balaban J connectivity index is 1.91. The Morgan fingerprint density at radius 3 is 2.81 bits per heavy atom. The fourth-order valence-corrected chi connectivity index (χ4v) is 3.51. The molecule has 1 aliphatic rings. The van der Waals surface area contributed by atoms with E-state index in [1.165, 1.54) is 4.88 Å². The smallest absolute Gasteiger partial charge is 0.107 e. The van der Waals surface area contributed by atoms with Crippen molar-refractivity contribution in [1.82, 2.24) is 5.32 Å². The Morgan fingerprint density at radius 2 is 2.25 bits per heavy atom. The summed E-state index contributed by atoms with van der Waals surface area (Å²) in [6.45, 7) is 4.86. The second-order valence-electron chi connectivity index (χ2n) is 4.36. The number of thiophene rings is 1. The molecule has 1 saturated heterocycles. The molecule has 0 aromatic carbocycles. The van der Waals surface area contributed by atoms with Gasteiger partial charge in [0.1, 0.15) is 4.34 Å². The van der Waals surface area contributed by atoms with Gasteiger partial charge in [-0.1, -0.05) is 11.6 Å². The molecule has 0 unspecified atom stereocenters. The number of nitrogens with one attached hydrogen (secondary N) is 1. The van der Waals surface area contributed by atoms with E-state index in [0.717, 1.165) is 41.4 Å². The van der Waals surface area contributed by atoms with Crippen LogP contribution in [-0.4, -0.2) is 18.8 Å². The lowest BCUT2D eigenvalue weighted by molar-refractivity contribution is 0.0447. The van der Waals surface area contributed by atoms with Crippen molar-refractivity contribution in [2.24, 2.45) is 0 Å². The summed E-state index contributed by atoms with van der Waals surface area (Å²) >= 11 is 11.1. The van der Waals surface area contributed by atoms with Crippen LogP contribution in [0.1, 0.15) is 24.6 Å². The van der Waals surface area contributed by atoms with E-state index in [2.05, 4.69) is 34.2 Å². The minimum absolute atomic E-state index is 0.210. The van der Waals surface area contributed by atoms with Gasteiger partial charge in [-0.25, -0.2) is 0 Å². The van der Waals surface area contributed by atoms with E-state index in [-0.39, 0.29) is 5.54 Å². The molecule has 0 bridgehead atoms. The molecule has 1 fully saturated rings. The SMILES string of the molecule is CC1(NCc2cc(Br)c(Cl)s2)CCOCC1. The van der Waals surface area contributed by atoms with Crippen molar-refractivity contribution in [2.45, 2.75) is 31.8 Å². The van der Waals surface area contributed by atoms with E-state index in [4.69, 9.17) is 16.3 Å². The molecule has 1 aliphatic heterocycles. The Labute approximate surface area is 113 Å². The molecule has 0 saturated carbocycles. The number of halogens is 2. The topological polar surface area (TPSA) is 21.3 Å². The van der Waals surface area contributed by atoms with E-state index < -0.39 is 0 Å². The summed E-state index contributed by atoms with van der Waals surface area (Å²) in [5, 5.41) is 3.61. The van der Waals surface area contributed by atoms with Crippen molar-refractivity contribution < 1.29 is 4.74 Å². The van der Waals surface area contributed by atoms with Crippen LogP contribution >= 0.6 is 38.9 Å². The molecule has 0 radical (unpaired) electrons. The lowest BCUT2D eigenvalue weighted by Gasteiger charge is -2.34. The predicted molar refractivity (Wildman–Crippen MR) is 72.3 cm³/mol. The summed E-state index contributed by atoms with van der Waals surface area (Å²) in [5.74, 6) is 0. The molecule has 2 nitrogen and oxygen atoms in total. The number of ether oxygens (including phenoxy) is 1. The Kier molecular flexibility index (Phi) is 4.30. The average Bonchev–Trinajstić information content (AvgIpc) is 2.57. The second-order valence-corrected chi connectivity index (χ2v) is 6.95. The van der Waals surface area contributed by atoms with Crippen molar-refractivity contribution in [3.8, 4) is 0 Å². The summed E-state index contributed by atoms with van der Waals surface area (Å²) in [7, 11) is 0. The zero-order valence-corrected chi connectivity index (χ0v) is 12.3. The molecule has 1 N–H and O–H groups in total.